The number of rotatable bonds is 17. The van der Waals surface area contributed by atoms with E-state index in [-0.39, 0.29) is 5.97 Å². The molecule has 0 aromatic carbocycles. The third-order valence-corrected chi connectivity index (χ3v) is 6.94. The van der Waals surface area contributed by atoms with Crippen LogP contribution in [-0.2, 0) is 9.53 Å². The van der Waals surface area contributed by atoms with Crippen LogP contribution in [0.5, 0.6) is 0 Å². The quantitative estimate of drug-likeness (QED) is 0.105. The molecule has 0 heterocycles. The summed E-state index contributed by atoms with van der Waals surface area (Å²) in [6.45, 7) is 0. The van der Waals surface area contributed by atoms with Crippen molar-refractivity contribution in [3.05, 3.63) is 0 Å². The van der Waals surface area contributed by atoms with Crippen molar-refractivity contribution in [2.75, 3.05) is 7.11 Å². The van der Waals surface area contributed by atoms with Crippen molar-refractivity contribution in [2.24, 2.45) is 0 Å². The van der Waals surface area contributed by atoms with Crippen LogP contribution >= 0.6 is 33.2 Å². The second-order valence-electron chi connectivity index (χ2n) is 6.64. The fourth-order valence-electron chi connectivity index (χ4n) is 2.82. The van der Waals surface area contributed by atoms with E-state index in [1.807, 2.05) is 0 Å². The third kappa shape index (κ3) is 20.6. The van der Waals surface area contributed by atoms with Crippen molar-refractivity contribution in [1.29, 1.82) is 0 Å². The number of unbranched alkanes of at least 4 members (excludes halogenated alkanes) is 13. The number of halogens is 3. The lowest BCUT2D eigenvalue weighted by Crippen LogP contribution is -2.07. The van der Waals surface area contributed by atoms with Gasteiger partial charge in [-0.3, -0.25) is 4.79 Å². The van der Waals surface area contributed by atoms with E-state index in [0.29, 0.717) is 6.42 Å². The smallest absolute Gasteiger partial charge is 0.341 e. The van der Waals surface area contributed by atoms with Gasteiger partial charge in [-0.05, 0) is 12.5 Å². The summed E-state index contributed by atoms with van der Waals surface area (Å²) in [4.78, 5) is 10.9. The normalized spacial score (nSPS) is 11.7. The van der Waals surface area contributed by atoms with Gasteiger partial charge in [-0.2, -0.15) is 0 Å². The topological polar surface area (TPSA) is 26.3 Å². The van der Waals surface area contributed by atoms with Gasteiger partial charge in [0.05, 0.1) is 7.11 Å². The van der Waals surface area contributed by atoms with Crippen LogP contribution in [0.1, 0.15) is 96.3 Å². The summed E-state index contributed by atoms with van der Waals surface area (Å²) in [5.74, 6) is -0.0814. The van der Waals surface area contributed by atoms with Crippen molar-refractivity contribution in [3.8, 4) is 0 Å². The van der Waals surface area contributed by atoms with Crippen molar-refractivity contribution in [3.63, 3.8) is 0 Å². The molecule has 0 aliphatic heterocycles. The Labute approximate surface area is 164 Å². The zero-order valence-electron chi connectivity index (χ0n) is 15.3. The van der Waals surface area contributed by atoms with Gasteiger partial charge < -0.3 is 4.74 Å². The Morgan fingerprint density at radius 2 is 1.00 bits per heavy atom. The summed E-state index contributed by atoms with van der Waals surface area (Å²) in [5.41, 5.74) is 0. The molecule has 0 spiro atoms. The van der Waals surface area contributed by atoms with E-state index in [1.165, 1.54) is 77.7 Å². The average molecular weight is 418 g/mol. The molecule has 144 valence electrons. The fraction of sp³-hybridized carbons (Fsp3) is 0.944. The van der Waals surface area contributed by atoms with E-state index in [1.54, 1.807) is 0 Å². The molecule has 0 atom stereocenters. The lowest BCUT2D eigenvalue weighted by atomic mass is 10.0. The molecular weight excluding hydrogens is 383 g/mol. The Kier molecular flexibility index (Phi) is 17.4. The number of methoxy groups -OCH3 is 1. The van der Waals surface area contributed by atoms with Crippen LogP contribution in [-0.4, -0.2) is 19.1 Å². The maximum atomic E-state index is 10.9. The molecule has 0 saturated heterocycles. The molecule has 0 saturated carbocycles. The number of carbonyl (C=O) groups excluding carboxylic acids is 1. The summed E-state index contributed by atoms with van der Waals surface area (Å²) >= 11 is 17.6. The summed E-state index contributed by atoms with van der Waals surface area (Å²) in [6, 6.07) is -1.57. The Morgan fingerprint density at radius 3 is 1.33 bits per heavy atom. The Morgan fingerprint density at radius 1 is 0.667 bits per heavy atom. The molecule has 0 radical (unpaired) electrons. The van der Waals surface area contributed by atoms with Crippen LogP contribution in [0, 0.1) is 0 Å². The summed E-state index contributed by atoms with van der Waals surface area (Å²) in [7, 11) is 1.45. The van der Waals surface area contributed by atoms with Crippen molar-refractivity contribution in [1.82, 2.24) is 0 Å². The first-order chi connectivity index (χ1) is 11.5. The van der Waals surface area contributed by atoms with Crippen LogP contribution in [0.3, 0.4) is 0 Å². The highest BCUT2D eigenvalue weighted by Crippen LogP contribution is 2.27. The van der Waals surface area contributed by atoms with E-state index in [4.69, 9.17) is 33.2 Å². The Bertz CT molecular complexity index is 296. The van der Waals surface area contributed by atoms with Gasteiger partial charge in [0.1, 0.15) is 0 Å². The minimum absolute atomic E-state index is 0.0814. The summed E-state index contributed by atoms with van der Waals surface area (Å²) in [5, 5.41) is 0. The van der Waals surface area contributed by atoms with Gasteiger partial charge in [-0.25, -0.2) is 0 Å². The Hall–Kier alpha value is 0.557. The van der Waals surface area contributed by atoms with Crippen molar-refractivity contribution >= 4 is 45.2 Å². The molecule has 0 aliphatic carbocycles. The maximum Gasteiger partial charge on any atom is 0.341 e. The molecule has 0 amide bonds. The van der Waals surface area contributed by atoms with Gasteiger partial charge in [-0.1, -0.05) is 83.5 Å². The second kappa shape index (κ2) is 17.0. The number of carbonyl (C=O) groups is 1. The van der Waals surface area contributed by atoms with E-state index < -0.39 is 6.00 Å². The molecule has 0 fully saturated rings. The summed E-state index contributed by atoms with van der Waals surface area (Å²) < 4.78 is 4.63. The zero-order chi connectivity index (χ0) is 18.1. The molecule has 2 nitrogen and oxygen atoms in total. The molecule has 0 N–H and O–H groups in total. The predicted molar refractivity (Wildman–Crippen MR) is 109 cm³/mol. The fourth-order valence-corrected chi connectivity index (χ4v) is 4.67. The average Bonchev–Trinajstić information content (AvgIpc) is 2.53. The van der Waals surface area contributed by atoms with Gasteiger partial charge in [0.25, 0.3) is 0 Å². The third-order valence-electron chi connectivity index (χ3n) is 4.32. The van der Waals surface area contributed by atoms with Gasteiger partial charge in [-0.15, -0.1) is 33.2 Å². The first-order valence-electron chi connectivity index (χ1n) is 9.59. The van der Waals surface area contributed by atoms with Crippen LogP contribution in [0.15, 0.2) is 0 Å². The predicted octanol–water partition coefficient (Wildman–Crippen LogP) is 7.67. The molecule has 0 unspecified atom stereocenters. The van der Waals surface area contributed by atoms with Crippen LogP contribution in [0.2, 0.25) is 6.04 Å². The van der Waals surface area contributed by atoms with E-state index >= 15 is 0 Å². The molecule has 0 aromatic heterocycles. The number of ether oxygens (including phenoxy) is 1. The lowest BCUT2D eigenvalue weighted by Gasteiger charge is -2.07. The van der Waals surface area contributed by atoms with Gasteiger partial charge in [0.15, 0.2) is 0 Å². The van der Waals surface area contributed by atoms with Crippen LogP contribution in [0.4, 0.5) is 0 Å². The SMILES string of the molecule is COC(=O)CCCCCCCCCCCCCCCC[Si](Cl)(Cl)Cl. The molecule has 24 heavy (non-hydrogen) atoms. The minimum Gasteiger partial charge on any atom is -0.469 e. The highest BCUT2D eigenvalue weighted by Gasteiger charge is 2.23. The first kappa shape index (κ1) is 24.6. The standard InChI is InChI=1S/C18H35Cl3O2Si/c1-23-18(22)16-14-12-10-8-6-4-2-3-5-7-9-11-13-15-17-24(19,20)21/h2-17H2,1H3. The lowest BCUT2D eigenvalue weighted by molar-refractivity contribution is -0.140. The van der Waals surface area contributed by atoms with E-state index in [2.05, 4.69) is 4.74 Å². The van der Waals surface area contributed by atoms with Gasteiger partial charge in [0, 0.05) is 6.42 Å². The first-order valence-corrected chi connectivity index (χ1v) is 14.8. The van der Waals surface area contributed by atoms with Crippen LogP contribution in [0.25, 0.3) is 0 Å². The van der Waals surface area contributed by atoms with E-state index in [0.717, 1.165) is 25.3 Å². The van der Waals surface area contributed by atoms with Gasteiger partial charge in [0.2, 0.25) is 0 Å². The number of hydrogen-bond donors (Lipinski definition) is 0. The van der Waals surface area contributed by atoms with Gasteiger partial charge >= 0.3 is 12.0 Å². The monoisotopic (exact) mass is 416 g/mol. The van der Waals surface area contributed by atoms with E-state index in [9.17, 15) is 4.79 Å². The molecule has 0 aliphatic rings. The second-order valence-corrected chi connectivity index (χ2v) is 15.9. The molecule has 0 aromatic rings. The zero-order valence-corrected chi connectivity index (χ0v) is 18.5. The van der Waals surface area contributed by atoms with Crippen molar-refractivity contribution < 1.29 is 9.53 Å². The highest BCUT2D eigenvalue weighted by molar-refractivity contribution is 7.64. The number of hydrogen-bond acceptors (Lipinski definition) is 2. The molecule has 6 heteroatoms. The molecule has 0 bridgehead atoms. The minimum atomic E-state index is -2.37. The maximum absolute atomic E-state index is 10.9. The summed E-state index contributed by atoms with van der Waals surface area (Å²) in [6.07, 6.45) is 18.2. The molecular formula is C18H35Cl3O2Si. The Balaban J connectivity index is 3.06. The largest absolute Gasteiger partial charge is 0.469 e. The number of esters is 1. The van der Waals surface area contributed by atoms with Crippen LogP contribution < -0.4 is 0 Å². The molecule has 0 rings (SSSR count). The highest BCUT2D eigenvalue weighted by atomic mass is 35.8. The van der Waals surface area contributed by atoms with Crippen molar-refractivity contribution in [2.45, 2.75) is 102 Å².